The van der Waals surface area contributed by atoms with E-state index in [0.29, 0.717) is 49.2 Å². The number of carboxylic acid groups (broad SMARTS) is 1. The number of aliphatic carboxylic acids is 1. The molecule has 4 rings (SSSR count). The summed E-state index contributed by atoms with van der Waals surface area (Å²) in [5, 5.41) is 41.2. The van der Waals surface area contributed by atoms with Gasteiger partial charge >= 0.3 is 5.97 Å². The number of aliphatic hydroxyl groups is 3. The second kappa shape index (κ2) is 8.22. The fraction of sp³-hybridized carbons (Fsp3) is 0.792. The summed E-state index contributed by atoms with van der Waals surface area (Å²) >= 11 is 1.34. The maximum Gasteiger partial charge on any atom is 0.304 e. The highest BCUT2D eigenvalue weighted by Gasteiger charge is 2.68. The lowest BCUT2D eigenvalue weighted by Crippen LogP contribution is -2.62. The summed E-state index contributed by atoms with van der Waals surface area (Å²) in [7, 11) is 0. The van der Waals surface area contributed by atoms with Crippen molar-refractivity contribution in [2.24, 2.45) is 28.6 Å². The Bertz CT molecular complexity index is 868. The summed E-state index contributed by atoms with van der Waals surface area (Å²) < 4.78 is 0. The highest BCUT2D eigenvalue weighted by molar-refractivity contribution is 8.04. The molecule has 7 nitrogen and oxygen atoms in total. The topological polar surface area (TPSA) is 132 Å². The van der Waals surface area contributed by atoms with Crippen LogP contribution in [0.4, 0.5) is 0 Å². The number of carbonyl (C=O) groups is 3. The average Bonchev–Trinajstić information content (AvgIpc) is 3.00. The van der Waals surface area contributed by atoms with Gasteiger partial charge in [-0.1, -0.05) is 13.8 Å². The number of fused-ring (bicyclic) bond motifs is 5. The van der Waals surface area contributed by atoms with Gasteiger partial charge in [0.25, 0.3) is 0 Å². The number of ketones is 2. The number of carbonyl (C=O) groups excluding carboxylic acids is 2. The van der Waals surface area contributed by atoms with Gasteiger partial charge in [-0.25, -0.2) is 0 Å². The van der Waals surface area contributed by atoms with Gasteiger partial charge in [0.15, 0.2) is 11.6 Å². The summed E-state index contributed by atoms with van der Waals surface area (Å²) in [4.78, 5) is 36.9. The highest BCUT2D eigenvalue weighted by Crippen LogP contribution is 2.68. The molecule has 0 amide bonds. The molecule has 0 aromatic rings. The van der Waals surface area contributed by atoms with E-state index in [0.717, 1.165) is 12.0 Å². The van der Waals surface area contributed by atoms with Crippen molar-refractivity contribution in [2.45, 2.75) is 76.9 Å². The lowest BCUT2D eigenvalue weighted by atomic mass is 9.45. The van der Waals surface area contributed by atoms with Crippen LogP contribution in [0.2, 0.25) is 0 Å². The predicted molar refractivity (Wildman–Crippen MR) is 119 cm³/mol. The smallest absolute Gasteiger partial charge is 0.304 e. The van der Waals surface area contributed by atoms with Crippen LogP contribution in [0.3, 0.4) is 0 Å². The van der Waals surface area contributed by atoms with E-state index in [-0.39, 0.29) is 35.4 Å². The van der Waals surface area contributed by atoms with Gasteiger partial charge in [0.1, 0.15) is 12.2 Å². The Kier molecular flexibility index (Phi) is 6.14. The number of thioether (sulfide) groups is 1. The van der Waals surface area contributed by atoms with Crippen LogP contribution in [0.1, 0.15) is 65.2 Å². The SMILES string of the molecule is CC12CCC(=O)C(SCCC(=O)O)=C1CCC1C2C(O)CC2(C)C1CCC2(O)C(=O)CO. The van der Waals surface area contributed by atoms with Crippen molar-refractivity contribution in [2.75, 3.05) is 12.4 Å². The van der Waals surface area contributed by atoms with E-state index in [1.165, 1.54) is 11.8 Å². The van der Waals surface area contributed by atoms with Crippen LogP contribution >= 0.6 is 11.8 Å². The van der Waals surface area contributed by atoms with E-state index in [1.807, 2.05) is 6.92 Å². The minimum atomic E-state index is -1.62. The molecule has 32 heavy (non-hydrogen) atoms. The standard InChI is InChI=1S/C24H34O7S/c1-22-8-6-16(26)21(32-10-7-19(29)30)15(22)4-3-13-14-5-9-24(31,18(28)12-25)23(14,2)11-17(27)20(13)22/h13-14,17,20,25,27,31H,3-12H2,1-2H3,(H,29,30). The first-order valence-electron chi connectivity index (χ1n) is 11.7. The van der Waals surface area contributed by atoms with Crippen molar-refractivity contribution >= 4 is 29.3 Å². The molecule has 4 aliphatic rings. The molecule has 0 heterocycles. The van der Waals surface area contributed by atoms with Gasteiger partial charge in [-0.15, -0.1) is 11.8 Å². The summed E-state index contributed by atoms with van der Waals surface area (Å²) in [6.45, 7) is 3.32. The molecule has 0 spiro atoms. The molecule has 0 aromatic heterocycles. The monoisotopic (exact) mass is 466 g/mol. The molecule has 4 N–H and O–H groups in total. The average molecular weight is 467 g/mol. The van der Waals surface area contributed by atoms with Crippen LogP contribution in [0, 0.1) is 28.6 Å². The molecular formula is C24H34O7S. The van der Waals surface area contributed by atoms with Gasteiger partial charge in [-0.2, -0.15) is 0 Å². The van der Waals surface area contributed by atoms with Crippen molar-refractivity contribution in [1.29, 1.82) is 0 Å². The molecule has 178 valence electrons. The molecule has 8 heteroatoms. The molecule has 7 atom stereocenters. The molecule has 0 saturated heterocycles. The summed E-state index contributed by atoms with van der Waals surface area (Å²) in [5.74, 6) is -0.901. The zero-order chi connectivity index (χ0) is 23.5. The third-order valence-corrected chi connectivity index (χ3v) is 10.5. The van der Waals surface area contributed by atoms with Gasteiger partial charge in [0.2, 0.25) is 0 Å². The summed E-state index contributed by atoms with van der Waals surface area (Å²) in [6, 6.07) is 0. The van der Waals surface area contributed by atoms with E-state index >= 15 is 0 Å². The molecule has 0 bridgehead atoms. The number of aliphatic hydroxyl groups excluding tert-OH is 2. The zero-order valence-electron chi connectivity index (χ0n) is 18.8. The second-order valence-electron chi connectivity index (χ2n) is 10.6. The Balaban J connectivity index is 1.68. The third kappa shape index (κ3) is 3.32. The van der Waals surface area contributed by atoms with E-state index in [9.17, 15) is 29.7 Å². The number of hydrogen-bond donors (Lipinski definition) is 4. The van der Waals surface area contributed by atoms with E-state index in [1.54, 1.807) is 0 Å². The zero-order valence-corrected chi connectivity index (χ0v) is 19.6. The van der Waals surface area contributed by atoms with E-state index in [2.05, 4.69) is 6.92 Å². The molecule has 7 unspecified atom stereocenters. The normalized spacial score (nSPS) is 43.5. The Morgan fingerprint density at radius 1 is 1.16 bits per heavy atom. The molecular weight excluding hydrogens is 432 g/mol. The second-order valence-corrected chi connectivity index (χ2v) is 11.7. The van der Waals surface area contributed by atoms with Crippen LogP contribution in [0.25, 0.3) is 0 Å². The molecule has 3 fully saturated rings. The Morgan fingerprint density at radius 3 is 2.53 bits per heavy atom. The lowest BCUT2D eigenvalue weighted by Gasteiger charge is -2.60. The van der Waals surface area contributed by atoms with E-state index < -0.39 is 35.5 Å². The van der Waals surface area contributed by atoms with E-state index in [4.69, 9.17) is 5.11 Å². The summed E-state index contributed by atoms with van der Waals surface area (Å²) in [5.41, 5.74) is -1.69. The van der Waals surface area contributed by atoms with Crippen molar-refractivity contribution < 1.29 is 34.8 Å². The molecule has 4 aliphatic carbocycles. The van der Waals surface area contributed by atoms with Gasteiger partial charge < -0.3 is 20.4 Å². The van der Waals surface area contributed by atoms with Crippen LogP contribution in [0.15, 0.2) is 10.5 Å². The Morgan fingerprint density at radius 2 is 1.88 bits per heavy atom. The number of rotatable bonds is 6. The maximum atomic E-state index is 12.8. The first kappa shape index (κ1) is 23.9. The van der Waals surface area contributed by atoms with Gasteiger partial charge in [0.05, 0.1) is 17.4 Å². The number of carboxylic acids is 1. The van der Waals surface area contributed by atoms with Crippen molar-refractivity contribution in [1.82, 2.24) is 0 Å². The Hall–Kier alpha value is -1.22. The van der Waals surface area contributed by atoms with Crippen LogP contribution in [-0.4, -0.2) is 62.0 Å². The molecule has 0 aliphatic heterocycles. The lowest BCUT2D eigenvalue weighted by molar-refractivity contribution is -0.182. The minimum Gasteiger partial charge on any atom is -0.481 e. The summed E-state index contributed by atoms with van der Waals surface area (Å²) in [6.07, 6.45) is 3.08. The number of allylic oxidation sites excluding steroid dienone is 1. The van der Waals surface area contributed by atoms with Crippen molar-refractivity contribution in [3.63, 3.8) is 0 Å². The molecule has 3 saturated carbocycles. The number of hydrogen-bond acceptors (Lipinski definition) is 7. The fourth-order valence-electron chi connectivity index (χ4n) is 7.80. The molecule has 0 radical (unpaired) electrons. The first-order chi connectivity index (χ1) is 15.0. The maximum absolute atomic E-state index is 12.8. The minimum absolute atomic E-state index is 0.00197. The first-order valence-corrected chi connectivity index (χ1v) is 12.6. The van der Waals surface area contributed by atoms with Crippen LogP contribution in [0.5, 0.6) is 0 Å². The molecule has 0 aromatic carbocycles. The van der Waals surface area contributed by atoms with Crippen LogP contribution in [-0.2, 0) is 14.4 Å². The Labute approximate surface area is 192 Å². The van der Waals surface area contributed by atoms with Crippen molar-refractivity contribution in [3.8, 4) is 0 Å². The quantitative estimate of drug-likeness (QED) is 0.469. The predicted octanol–water partition coefficient (Wildman–Crippen LogP) is 2.32. The third-order valence-electron chi connectivity index (χ3n) is 9.32. The van der Waals surface area contributed by atoms with Crippen LogP contribution < -0.4 is 0 Å². The van der Waals surface area contributed by atoms with Gasteiger partial charge in [-0.05, 0) is 67.3 Å². The number of Topliss-reactive ketones (excluding diaryl/α,β-unsaturated/α-hetero) is 2. The highest BCUT2D eigenvalue weighted by atomic mass is 32.2. The fourth-order valence-corrected chi connectivity index (χ4v) is 9.05. The van der Waals surface area contributed by atoms with Crippen molar-refractivity contribution in [3.05, 3.63) is 10.5 Å². The largest absolute Gasteiger partial charge is 0.481 e. The van der Waals surface area contributed by atoms with Gasteiger partial charge in [0, 0.05) is 17.6 Å². The van der Waals surface area contributed by atoms with Gasteiger partial charge in [-0.3, -0.25) is 14.4 Å².